The van der Waals surface area contributed by atoms with E-state index in [1.807, 2.05) is 0 Å². The second-order valence-electron chi connectivity index (χ2n) is 2.40. The number of rotatable bonds is 5. The standard InChI is InChI=1S/C8H17.3ClH.Co/c1-3-5-7-8-6-4-2;;;;/h3H,4-8H2,1-2H3;3*1H;/q;;;;+3/p-3. The molecule has 0 rings (SSSR count). The molecule has 4 heteroatoms. The van der Waals surface area contributed by atoms with E-state index in [9.17, 15) is 0 Å². The Bertz CT molecular complexity index is 60.6. The maximum atomic E-state index is 4.87. The summed E-state index contributed by atoms with van der Waals surface area (Å²) in [5, 5.41) is 0. The van der Waals surface area contributed by atoms with Crippen LogP contribution in [-0.2, 0) is 10.9 Å². The number of halogens is 3. The molecule has 0 spiro atoms. The van der Waals surface area contributed by atoms with Crippen LogP contribution in [0.1, 0.15) is 46.0 Å². The molecule has 0 saturated heterocycles. The molecule has 0 aliphatic rings. The first kappa shape index (κ1) is 15.8. The average Bonchev–Trinajstić information content (AvgIpc) is 1.97. The molecule has 0 aliphatic heterocycles. The third-order valence-corrected chi connectivity index (χ3v) is 1.35. The van der Waals surface area contributed by atoms with Crippen LogP contribution in [0.25, 0.3) is 0 Å². The third kappa shape index (κ3) is 30.1. The Hall–Kier alpha value is 1.38. The van der Waals surface area contributed by atoms with Crippen LogP contribution in [0.2, 0.25) is 0 Å². The second-order valence-corrected chi connectivity index (χ2v) is 7.56. The van der Waals surface area contributed by atoms with Gasteiger partial charge in [0.1, 0.15) is 0 Å². The molecule has 0 unspecified atom stereocenters. The molecule has 0 saturated carbocycles. The van der Waals surface area contributed by atoms with Crippen molar-refractivity contribution in [2.24, 2.45) is 0 Å². The van der Waals surface area contributed by atoms with Gasteiger partial charge in [-0.3, -0.25) is 0 Å². The maximum absolute atomic E-state index is 4.87. The molecule has 0 bridgehead atoms. The van der Waals surface area contributed by atoms with Crippen LogP contribution in [0.4, 0.5) is 0 Å². The summed E-state index contributed by atoms with van der Waals surface area (Å²) in [7, 11) is 13.4. The van der Waals surface area contributed by atoms with Gasteiger partial charge >= 0.3 is 41.4 Å². The molecular formula is C8H17Cl3Co. The van der Waals surface area contributed by atoms with Crippen molar-refractivity contribution in [3.63, 3.8) is 0 Å². The van der Waals surface area contributed by atoms with E-state index >= 15 is 0 Å². The van der Waals surface area contributed by atoms with Crippen molar-refractivity contribution in [2.45, 2.75) is 46.0 Å². The monoisotopic (exact) mass is 277 g/mol. The SMILES string of the molecule is C[CH]CCCCCC.[Cl][Co]([Cl])[Cl]. The van der Waals surface area contributed by atoms with Gasteiger partial charge in [-0.05, 0) is 6.42 Å². The predicted octanol–water partition coefficient (Wildman–Crippen LogP) is 5.25. The van der Waals surface area contributed by atoms with Gasteiger partial charge in [0.05, 0.1) is 0 Å². The van der Waals surface area contributed by atoms with Gasteiger partial charge in [-0.1, -0.05) is 46.0 Å². The van der Waals surface area contributed by atoms with E-state index in [1.54, 1.807) is 0 Å². The fraction of sp³-hybridized carbons (Fsp3) is 0.875. The zero-order valence-electron chi connectivity index (χ0n) is 7.58. The van der Waals surface area contributed by atoms with Gasteiger partial charge in [0.25, 0.3) is 0 Å². The molecule has 79 valence electrons. The summed E-state index contributed by atoms with van der Waals surface area (Å²) in [5.41, 5.74) is 0. The fourth-order valence-corrected chi connectivity index (χ4v) is 0.775. The normalized spacial score (nSPS) is 10.2. The van der Waals surface area contributed by atoms with E-state index in [4.69, 9.17) is 30.4 Å². The summed E-state index contributed by atoms with van der Waals surface area (Å²) in [6.07, 6.45) is 9.12. The summed E-state index contributed by atoms with van der Waals surface area (Å²) in [5.74, 6) is 0. The van der Waals surface area contributed by atoms with Gasteiger partial charge in [-0.15, -0.1) is 0 Å². The Labute approximate surface area is 93.5 Å². The molecule has 0 heterocycles. The second kappa shape index (κ2) is 14.9. The molecule has 0 N–H and O–H groups in total. The number of hydrogen-bond donors (Lipinski definition) is 0. The molecule has 0 aromatic heterocycles. The first-order valence-electron chi connectivity index (χ1n) is 4.07. The Balaban J connectivity index is 0. The third-order valence-electron chi connectivity index (χ3n) is 1.35. The van der Waals surface area contributed by atoms with Crippen LogP contribution in [0.15, 0.2) is 0 Å². The molecule has 0 amide bonds. The Morgan fingerprint density at radius 1 is 1.08 bits per heavy atom. The van der Waals surface area contributed by atoms with Crippen molar-refractivity contribution in [3.05, 3.63) is 6.42 Å². The summed E-state index contributed by atoms with van der Waals surface area (Å²) < 4.78 is 0. The van der Waals surface area contributed by atoms with Gasteiger partial charge in [0, 0.05) is 0 Å². The van der Waals surface area contributed by atoms with Crippen LogP contribution < -0.4 is 0 Å². The van der Waals surface area contributed by atoms with E-state index < -0.39 is 10.9 Å². The fourth-order valence-electron chi connectivity index (χ4n) is 0.775. The molecule has 0 fully saturated rings. The first-order chi connectivity index (χ1) is 5.65. The van der Waals surface area contributed by atoms with E-state index in [1.165, 1.54) is 32.1 Å². The van der Waals surface area contributed by atoms with Gasteiger partial charge in [-0.2, -0.15) is 0 Å². The zero-order valence-corrected chi connectivity index (χ0v) is 10.9. The van der Waals surface area contributed by atoms with Crippen molar-refractivity contribution in [1.82, 2.24) is 0 Å². The Morgan fingerprint density at radius 3 is 1.92 bits per heavy atom. The van der Waals surface area contributed by atoms with Crippen molar-refractivity contribution >= 4 is 30.4 Å². The van der Waals surface area contributed by atoms with Crippen LogP contribution >= 0.6 is 30.4 Å². The van der Waals surface area contributed by atoms with Crippen molar-refractivity contribution < 1.29 is 10.9 Å². The van der Waals surface area contributed by atoms with Gasteiger partial charge in [-0.25, -0.2) is 0 Å². The molecular weight excluding hydrogens is 261 g/mol. The molecule has 12 heavy (non-hydrogen) atoms. The quantitative estimate of drug-likeness (QED) is 0.603. The van der Waals surface area contributed by atoms with E-state index in [2.05, 4.69) is 20.3 Å². The minimum atomic E-state index is -1.19. The number of unbranched alkanes of at least 4 members (excludes halogenated alkanes) is 5. The van der Waals surface area contributed by atoms with Crippen LogP contribution in [-0.4, -0.2) is 0 Å². The molecule has 0 aromatic carbocycles. The topological polar surface area (TPSA) is 0 Å². The van der Waals surface area contributed by atoms with E-state index in [0.717, 1.165) is 0 Å². The first-order valence-corrected chi connectivity index (χ1v) is 8.37. The summed E-state index contributed by atoms with van der Waals surface area (Å²) in [6.45, 7) is 4.38. The van der Waals surface area contributed by atoms with Crippen LogP contribution in [0, 0.1) is 6.42 Å². The summed E-state index contributed by atoms with van der Waals surface area (Å²) >= 11 is 0. The Morgan fingerprint density at radius 2 is 1.58 bits per heavy atom. The summed E-state index contributed by atoms with van der Waals surface area (Å²) in [6, 6.07) is 0. The van der Waals surface area contributed by atoms with Gasteiger partial charge < -0.3 is 0 Å². The predicted molar refractivity (Wildman–Crippen MR) is 56.3 cm³/mol. The average molecular weight is 279 g/mol. The van der Waals surface area contributed by atoms with E-state index in [0.29, 0.717) is 0 Å². The molecule has 0 aliphatic carbocycles. The van der Waals surface area contributed by atoms with E-state index in [-0.39, 0.29) is 0 Å². The van der Waals surface area contributed by atoms with Gasteiger partial charge in [0.15, 0.2) is 0 Å². The zero-order chi connectivity index (χ0) is 9.82. The molecule has 0 atom stereocenters. The number of hydrogen-bond acceptors (Lipinski definition) is 0. The van der Waals surface area contributed by atoms with Crippen LogP contribution in [0.5, 0.6) is 0 Å². The van der Waals surface area contributed by atoms with Crippen molar-refractivity contribution in [3.8, 4) is 0 Å². The molecule has 0 nitrogen and oxygen atoms in total. The Kier molecular flexibility index (Phi) is 19.6. The molecule has 1 radical (unpaired) electrons. The van der Waals surface area contributed by atoms with Crippen molar-refractivity contribution in [2.75, 3.05) is 0 Å². The van der Waals surface area contributed by atoms with Gasteiger partial charge in [0.2, 0.25) is 0 Å². The van der Waals surface area contributed by atoms with Crippen molar-refractivity contribution in [1.29, 1.82) is 0 Å². The minimum absolute atomic E-state index is 1.19. The summed E-state index contributed by atoms with van der Waals surface area (Å²) in [4.78, 5) is 0. The molecule has 0 aromatic rings. The van der Waals surface area contributed by atoms with Crippen LogP contribution in [0.3, 0.4) is 0 Å².